The van der Waals surface area contributed by atoms with Crippen molar-refractivity contribution in [3.8, 4) is 0 Å². The molecule has 1 aromatic heterocycles. The molecule has 2 N–H and O–H groups in total. The van der Waals surface area contributed by atoms with Crippen molar-refractivity contribution in [2.75, 3.05) is 13.2 Å². The Kier molecular flexibility index (Phi) is 2.94. The maximum Gasteiger partial charge on any atom is 0.335 e. The number of hydrogen-bond acceptors (Lipinski definition) is 4. The van der Waals surface area contributed by atoms with Crippen LogP contribution in [0.5, 0.6) is 0 Å². The molecular weight excluding hydrogens is 276 g/mol. The lowest BCUT2D eigenvalue weighted by Crippen LogP contribution is -2.46. The summed E-state index contributed by atoms with van der Waals surface area (Å²) in [6.45, 7) is 2.63. The van der Waals surface area contributed by atoms with Crippen LogP contribution in [-0.4, -0.2) is 33.8 Å². The van der Waals surface area contributed by atoms with Gasteiger partial charge in [-0.1, -0.05) is 0 Å². The summed E-state index contributed by atoms with van der Waals surface area (Å²) in [5, 5.41) is 9.10. The molecule has 1 aliphatic rings. The standard InChI is InChI=1S/C14H14N2O5/c1-14(4-5-21-7-14)16-10-6-8(13(19)20)2-3-9(10)15-11(17)12(16)18/h2-3,6H,4-5,7H2,1H3,(H,15,17)(H,19,20). The van der Waals surface area contributed by atoms with Gasteiger partial charge in [-0.2, -0.15) is 0 Å². The number of aromatic carboxylic acids is 1. The van der Waals surface area contributed by atoms with Crippen molar-refractivity contribution in [3.05, 3.63) is 44.5 Å². The summed E-state index contributed by atoms with van der Waals surface area (Å²) >= 11 is 0. The van der Waals surface area contributed by atoms with Crippen LogP contribution < -0.4 is 11.1 Å². The summed E-state index contributed by atoms with van der Waals surface area (Å²) in [5.74, 6) is -1.09. The highest BCUT2D eigenvalue weighted by molar-refractivity contribution is 5.92. The van der Waals surface area contributed by atoms with Crippen molar-refractivity contribution in [3.63, 3.8) is 0 Å². The van der Waals surface area contributed by atoms with Gasteiger partial charge >= 0.3 is 17.1 Å². The Morgan fingerprint density at radius 3 is 2.81 bits per heavy atom. The molecule has 110 valence electrons. The van der Waals surface area contributed by atoms with Gasteiger partial charge in [-0.05, 0) is 31.5 Å². The molecule has 2 aromatic rings. The normalized spacial score (nSPS) is 21.8. The number of carboxylic acids is 1. The second-order valence-corrected chi connectivity index (χ2v) is 5.43. The Morgan fingerprint density at radius 1 is 1.43 bits per heavy atom. The number of carbonyl (C=O) groups is 1. The van der Waals surface area contributed by atoms with E-state index in [0.29, 0.717) is 30.7 Å². The van der Waals surface area contributed by atoms with Crippen molar-refractivity contribution >= 4 is 17.0 Å². The van der Waals surface area contributed by atoms with Gasteiger partial charge < -0.3 is 14.8 Å². The van der Waals surface area contributed by atoms with Gasteiger partial charge in [0, 0.05) is 6.61 Å². The fraction of sp³-hybridized carbons (Fsp3) is 0.357. The molecule has 21 heavy (non-hydrogen) atoms. The number of nitrogens with zero attached hydrogens (tertiary/aromatic N) is 1. The first-order valence-corrected chi connectivity index (χ1v) is 6.53. The van der Waals surface area contributed by atoms with E-state index in [4.69, 9.17) is 9.84 Å². The van der Waals surface area contributed by atoms with Crippen LogP contribution in [0.1, 0.15) is 23.7 Å². The minimum atomic E-state index is -1.09. The van der Waals surface area contributed by atoms with Gasteiger partial charge in [0.1, 0.15) is 0 Å². The molecule has 1 aromatic carbocycles. The molecule has 1 saturated heterocycles. The first-order valence-electron chi connectivity index (χ1n) is 6.53. The minimum Gasteiger partial charge on any atom is -0.478 e. The molecule has 0 saturated carbocycles. The number of aromatic nitrogens is 2. The fourth-order valence-corrected chi connectivity index (χ4v) is 2.71. The first-order chi connectivity index (χ1) is 9.92. The molecule has 3 rings (SSSR count). The fourth-order valence-electron chi connectivity index (χ4n) is 2.71. The van der Waals surface area contributed by atoms with E-state index < -0.39 is 22.6 Å². The number of H-pyrrole nitrogens is 1. The van der Waals surface area contributed by atoms with Crippen molar-refractivity contribution in [2.45, 2.75) is 18.9 Å². The van der Waals surface area contributed by atoms with E-state index in [1.165, 1.54) is 22.8 Å². The van der Waals surface area contributed by atoms with Crippen molar-refractivity contribution in [1.82, 2.24) is 9.55 Å². The van der Waals surface area contributed by atoms with Gasteiger partial charge in [-0.25, -0.2) is 4.79 Å². The van der Waals surface area contributed by atoms with Gasteiger partial charge in [0.2, 0.25) is 0 Å². The number of benzene rings is 1. The Labute approximate surface area is 118 Å². The monoisotopic (exact) mass is 290 g/mol. The van der Waals surface area contributed by atoms with Crippen LogP contribution in [0.15, 0.2) is 27.8 Å². The largest absolute Gasteiger partial charge is 0.478 e. The van der Waals surface area contributed by atoms with E-state index in [1.54, 1.807) is 0 Å². The number of aromatic amines is 1. The van der Waals surface area contributed by atoms with Gasteiger partial charge in [-0.15, -0.1) is 0 Å². The van der Waals surface area contributed by atoms with Crippen LogP contribution >= 0.6 is 0 Å². The number of hydrogen-bond donors (Lipinski definition) is 2. The topological polar surface area (TPSA) is 101 Å². The Balaban J connectivity index is 2.41. The molecule has 1 fully saturated rings. The molecule has 1 unspecified atom stereocenters. The molecule has 1 atom stereocenters. The molecule has 0 bridgehead atoms. The highest BCUT2D eigenvalue weighted by Crippen LogP contribution is 2.28. The SMILES string of the molecule is CC1(n2c(=O)c(=O)[nH]c3ccc(C(=O)O)cc32)CCOC1. The second kappa shape index (κ2) is 4.56. The second-order valence-electron chi connectivity index (χ2n) is 5.43. The first kappa shape index (κ1) is 13.6. The predicted octanol–water partition coefficient (Wildman–Crippen LogP) is 0.523. The molecular formula is C14H14N2O5. The molecule has 7 heteroatoms. The third-order valence-corrected chi connectivity index (χ3v) is 3.87. The van der Waals surface area contributed by atoms with Gasteiger partial charge in [-0.3, -0.25) is 14.2 Å². The molecule has 0 amide bonds. The third kappa shape index (κ3) is 2.06. The maximum atomic E-state index is 12.3. The molecule has 0 radical (unpaired) electrons. The lowest BCUT2D eigenvalue weighted by molar-refractivity contribution is 0.0697. The van der Waals surface area contributed by atoms with Crippen LogP contribution in [0.2, 0.25) is 0 Å². The van der Waals surface area contributed by atoms with Gasteiger partial charge in [0.15, 0.2) is 0 Å². The molecule has 1 aliphatic heterocycles. The Bertz CT molecular complexity index is 843. The highest BCUT2D eigenvalue weighted by Gasteiger charge is 2.34. The summed E-state index contributed by atoms with van der Waals surface area (Å²) in [5.41, 5.74) is -1.19. The number of fused-ring (bicyclic) bond motifs is 1. The van der Waals surface area contributed by atoms with Crippen LogP contribution in [-0.2, 0) is 10.3 Å². The lowest BCUT2D eigenvalue weighted by Gasteiger charge is -2.26. The number of ether oxygens (including phenoxy) is 1. The summed E-state index contributed by atoms with van der Waals surface area (Å²) < 4.78 is 6.71. The van der Waals surface area contributed by atoms with E-state index >= 15 is 0 Å². The predicted molar refractivity (Wildman–Crippen MR) is 74.9 cm³/mol. The maximum absolute atomic E-state index is 12.3. The molecule has 0 aliphatic carbocycles. The zero-order valence-electron chi connectivity index (χ0n) is 11.4. The number of rotatable bonds is 2. The minimum absolute atomic E-state index is 0.0604. The van der Waals surface area contributed by atoms with E-state index in [-0.39, 0.29) is 5.56 Å². The lowest BCUT2D eigenvalue weighted by atomic mass is 10.0. The summed E-state index contributed by atoms with van der Waals surface area (Å²) in [4.78, 5) is 37.7. The van der Waals surface area contributed by atoms with E-state index in [2.05, 4.69) is 4.98 Å². The van der Waals surface area contributed by atoms with Gasteiger partial charge in [0.05, 0.1) is 28.7 Å². The zero-order chi connectivity index (χ0) is 15.2. The summed E-state index contributed by atoms with van der Waals surface area (Å²) in [7, 11) is 0. The van der Waals surface area contributed by atoms with Crippen LogP contribution in [0, 0.1) is 0 Å². The molecule has 2 heterocycles. The van der Waals surface area contributed by atoms with Crippen molar-refractivity contribution < 1.29 is 14.6 Å². The van der Waals surface area contributed by atoms with Crippen LogP contribution in [0.4, 0.5) is 0 Å². The van der Waals surface area contributed by atoms with Gasteiger partial charge in [0.25, 0.3) is 0 Å². The number of nitrogens with one attached hydrogen (secondary N) is 1. The van der Waals surface area contributed by atoms with E-state index in [0.717, 1.165) is 0 Å². The smallest absolute Gasteiger partial charge is 0.335 e. The molecule has 0 spiro atoms. The Morgan fingerprint density at radius 2 is 2.19 bits per heavy atom. The quantitative estimate of drug-likeness (QED) is 0.785. The van der Waals surface area contributed by atoms with Crippen LogP contribution in [0.25, 0.3) is 11.0 Å². The average molecular weight is 290 g/mol. The highest BCUT2D eigenvalue weighted by atomic mass is 16.5. The van der Waals surface area contributed by atoms with E-state index in [9.17, 15) is 14.4 Å². The average Bonchev–Trinajstić information content (AvgIpc) is 2.87. The zero-order valence-corrected chi connectivity index (χ0v) is 11.4. The number of carboxylic acid groups (broad SMARTS) is 1. The third-order valence-electron chi connectivity index (χ3n) is 3.87. The van der Waals surface area contributed by atoms with Crippen molar-refractivity contribution in [2.24, 2.45) is 0 Å². The van der Waals surface area contributed by atoms with E-state index in [1.807, 2.05) is 6.92 Å². The van der Waals surface area contributed by atoms with Crippen LogP contribution in [0.3, 0.4) is 0 Å². The Hall–Kier alpha value is -2.41. The summed E-state index contributed by atoms with van der Waals surface area (Å²) in [6, 6.07) is 4.29. The van der Waals surface area contributed by atoms with Crippen molar-refractivity contribution in [1.29, 1.82) is 0 Å². The molecule has 7 nitrogen and oxygen atoms in total. The summed E-state index contributed by atoms with van der Waals surface area (Å²) in [6.07, 6.45) is 0.586.